The van der Waals surface area contributed by atoms with Crippen LogP contribution in [-0.4, -0.2) is 72.2 Å². The lowest BCUT2D eigenvalue weighted by atomic mass is 9.95. The molecule has 0 amide bonds. The number of aliphatic imine (C=N–C) groups is 1. The molecule has 1 aromatic heterocycles. The highest BCUT2D eigenvalue weighted by atomic mass is 35.5. The average Bonchev–Trinajstić information content (AvgIpc) is 3.28. The van der Waals surface area contributed by atoms with Crippen LogP contribution in [0.1, 0.15) is 22.3 Å². The zero-order valence-corrected chi connectivity index (χ0v) is 21.1. The van der Waals surface area contributed by atoms with E-state index in [0.717, 1.165) is 11.8 Å². The van der Waals surface area contributed by atoms with Gasteiger partial charge < -0.3 is 19.9 Å². The van der Waals surface area contributed by atoms with Crippen molar-refractivity contribution in [3.63, 3.8) is 0 Å². The summed E-state index contributed by atoms with van der Waals surface area (Å²) in [4.78, 5) is 35.2. The number of amidine groups is 1. The zero-order valence-electron chi connectivity index (χ0n) is 19.5. The molecule has 36 heavy (non-hydrogen) atoms. The number of carbonyl (C=O) groups excluding carboxylic acids is 1. The monoisotopic (exact) mass is 534 g/mol. The summed E-state index contributed by atoms with van der Waals surface area (Å²) in [7, 11) is 1.28. The molecule has 9 nitrogen and oxygen atoms in total. The Morgan fingerprint density at radius 3 is 2.92 bits per heavy atom. The molecule has 12 heteroatoms. The molecule has 190 valence electrons. The molecule has 0 spiro atoms. The number of aryl methyl sites for hydroxylation is 1. The number of nitrogens with one attached hydrogen (secondary N) is 1. The lowest BCUT2D eigenvalue weighted by molar-refractivity contribution is -0.136. The van der Waals surface area contributed by atoms with Crippen LogP contribution in [0.5, 0.6) is 0 Å². The number of hydrogen-bond donors (Lipinski definition) is 2. The fourth-order valence-corrected chi connectivity index (χ4v) is 5.01. The normalized spacial score (nSPS) is 20.8. The van der Waals surface area contributed by atoms with E-state index in [1.54, 1.807) is 0 Å². The van der Waals surface area contributed by atoms with E-state index in [-0.39, 0.29) is 10.6 Å². The van der Waals surface area contributed by atoms with Crippen molar-refractivity contribution in [1.82, 2.24) is 15.2 Å². The second kappa shape index (κ2) is 11.3. The van der Waals surface area contributed by atoms with E-state index in [2.05, 4.69) is 10.3 Å². The average molecular weight is 535 g/mol. The van der Waals surface area contributed by atoms with Crippen molar-refractivity contribution in [3.05, 3.63) is 74.1 Å². The molecule has 2 N–H and O–H groups in total. The maximum absolute atomic E-state index is 13.8. The first-order chi connectivity index (χ1) is 17.2. The quantitative estimate of drug-likeness (QED) is 0.411. The molecule has 2 aliphatic rings. The second-order valence-electron chi connectivity index (χ2n) is 8.19. The van der Waals surface area contributed by atoms with Crippen LogP contribution < -0.4 is 5.32 Å². The third kappa shape index (κ3) is 5.98. The second-order valence-corrected chi connectivity index (χ2v) is 9.46. The summed E-state index contributed by atoms with van der Waals surface area (Å²) in [6.07, 6.45) is 2.12. The highest BCUT2D eigenvalue weighted by Crippen LogP contribution is 2.37. The van der Waals surface area contributed by atoms with Gasteiger partial charge >= 0.3 is 11.9 Å². The van der Waals surface area contributed by atoms with E-state index in [4.69, 9.17) is 31.2 Å². The molecule has 1 aromatic carbocycles. The summed E-state index contributed by atoms with van der Waals surface area (Å²) in [5.41, 5.74) is 2.05. The molecule has 1 saturated heterocycles. The van der Waals surface area contributed by atoms with Gasteiger partial charge in [0.1, 0.15) is 11.9 Å². The first-order valence-electron chi connectivity index (χ1n) is 11.0. The molecule has 0 radical (unpaired) electrons. The van der Waals surface area contributed by atoms with Gasteiger partial charge in [0, 0.05) is 53.1 Å². The zero-order chi connectivity index (χ0) is 25.8. The molecule has 2 aliphatic heterocycles. The Balaban J connectivity index is 1.74. The van der Waals surface area contributed by atoms with Crippen LogP contribution in [0.4, 0.5) is 4.39 Å². The summed E-state index contributed by atoms with van der Waals surface area (Å²) < 4.78 is 24.6. The molecule has 4 rings (SSSR count). The molecule has 3 heterocycles. The van der Waals surface area contributed by atoms with Gasteiger partial charge in [-0.1, -0.05) is 17.7 Å². The van der Waals surface area contributed by atoms with Crippen molar-refractivity contribution >= 4 is 40.7 Å². The maximum Gasteiger partial charge on any atom is 0.338 e. The summed E-state index contributed by atoms with van der Waals surface area (Å²) in [6.45, 7) is 3.52. The molecular formula is C24H24ClFN4O5S. The SMILES string of the molecule is COC(=O)C1=C(CN2CCOC(/C=C/C(=O)O)C2)NC(c2nc(C)cs2)=NC1c1ccc(F)cc1Cl. The Bertz CT molecular complexity index is 1260. The van der Waals surface area contributed by atoms with Crippen molar-refractivity contribution in [2.75, 3.05) is 33.4 Å². The van der Waals surface area contributed by atoms with E-state index >= 15 is 0 Å². The number of rotatable bonds is 7. The first kappa shape index (κ1) is 26.0. The molecule has 0 bridgehead atoms. The van der Waals surface area contributed by atoms with Gasteiger partial charge in [-0.25, -0.2) is 19.0 Å². The Hall–Kier alpha value is -3.12. The fourth-order valence-electron chi connectivity index (χ4n) is 4.00. The number of aliphatic carboxylic acids is 1. The largest absolute Gasteiger partial charge is 0.478 e. The summed E-state index contributed by atoms with van der Waals surface area (Å²) in [6, 6.07) is 3.09. The number of methoxy groups -OCH3 is 1. The predicted molar refractivity (Wildman–Crippen MR) is 133 cm³/mol. The van der Waals surface area contributed by atoms with Crippen molar-refractivity contribution in [1.29, 1.82) is 0 Å². The third-order valence-corrected chi connectivity index (χ3v) is 6.92. The van der Waals surface area contributed by atoms with Crippen molar-refractivity contribution in [3.8, 4) is 0 Å². The number of carboxylic acids is 1. The maximum atomic E-state index is 13.8. The third-order valence-electron chi connectivity index (χ3n) is 5.62. The molecular weight excluding hydrogens is 511 g/mol. The van der Waals surface area contributed by atoms with Gasteiger partial charge in [-0.05, 0) is 25.1 Å². The van der Waals surface area contributed by atoms with Gasteiger partial charge in [0.2, 0.25) is 0 Å². The van der Waals surface area contributed by atoms with Gasteiger partial charge in [-0.2, -0.15) is 0 Å². The molecule has 2 aromatic rings. The van der Waals surface area contributed by atoms with Gasteiger partial charge in [0.05, 0.1) is 25.4 Å². The Morgan fingerprint density at radius 2 is 2.25 bits per heavy atom. The van der Waals surface area contributed by atoms with Gasteiger partial charge in [-0.15, -0.1) is 11.3 Å². The van der Waals surface area contributed by atoms with Gasteiger partial charge in [-0.3, -0.25) is 9.89 Å². The van der Waals surface area contributed by atoms with Crippen LogP contribution in [0.3, 0.4) is 0 Å². The topological polar surface area (TPSA) is 113 Å². The molecule has 0 aliphatic carbocycles. The van der Waals surface area contributed by atoms with E-state index in [1.165, 1.54) is 42.7 Å². The summed E-state index contributed by atoms with van der Waals surface area (Å²) >= 11 is 7.79. The van der Waals surface area contributed by atoms with Crippen LogP contribution in [0.2, 0.25) is 5.02 Å². The van der Waals surface area contributed by atoms with E-state index in [9.17, 15) is 14.0 Å². The summed E-state index contributed by atoms with van der Waals surface area (Å²) in [5.74, 6) is -1.71. The minimum atomic E-state index is -1.06. The molecule has 2 atom stereocenters. The Kier molecular flexibility index (Phi) is 8.14. The van der Waals surface area contributed by atoms with Crippen molar-refractivity contribution in [2.24, 2.45) is 4.99 Å². The molecule has 1 fully saturated rings. The van der Waals surface area contributed by atoms with Gasteiger partial charge in [0.15, 0.2) is 10.8 Å². The Labute approximate surface area is 215 Å². The number of thiazole rings is 1. The highest BCUT2D eigenvalue weighted by Gasteiger charge is 2.35. The van der Waals surface area contributed by atoms with Gasteiger partial charge in [0.25, 0.3) is 0 Å². The number of morpholine rings is 1. The smallest absolute Gasteiger partial charge is 0.338 e. The number of nitrogens with zero attached hydrogens (tertiary/aromatic N) is 3. The number of esters is 1. The van der Waals surface area contributed by atoms with Crippen LogP contribution in [-0.2, 0) is 19.1 Å². The number of benzene rings is 1. The molecule has 2 unspecified atom stereocenters. The number of hydrogen-bond acceptors (Lipinski definition) is 9. The minimum absolute atomic E-state index is 0.131. The summed E-state index contributed by atoms with van der Waals surface area (Å²) in [5, 5.41) is 14.8. The minimum Gasteiger partial charge on any atom is -0.478 e. The van der Waals surface area contributed by atoms with Crippen LogP contribution in [0, 0.1) is 12.7 Å². The van der Waals surface area contributed by atoms with E-state index < -0.39 is 29.9 Å². The Morgan fingerprint density at radius 1 is 1.44 bits per heavy atom. The number of halogens is 2. The lowest BCUT2D eigenvalue weighted by Gasteiger charge is -2.34. The number of ether oxygens (including phenoxy) is 2. The molecule has 0 saturated carbocycles. The van der Waals surface area contributed by atoms with Crippen molar-refractivity contribution in [2.45, 2.75) is 19.1 Å². The standard InChI is InChI=1S/C24H24ClFN4O5S/c1-13-12-36-23(27-13)22-28-18(11-30-7-8-35-15(10-30)4-6-19(31)32)20(24(33)34-2)21(29-22)16-5-3-14(26)9-17(16)25/h3-6,9,12,15,21H,7-8,10-11H2,1-2H3,(H,28,29)(H,31,32)/b6-4+. The number of carbonyl (C=O) groups is 2. The first-order valence-corrected chi connectivity index (χ1v) is 12.3. The van der Waals surface area contributed by atoms with Crippen LogP contribution in [0.15, 0.2) is 52.0 Å². The lowest BCUT2D eigenvalue weighted by Crippen LogP contribution is -2.46. The van der Waals surface area contributed by atoms with E-state index in [0.29, 0.717) is 48.3 Å². The highest BCUT2D eigenvalue weighted by molar-refractivity contribution is 7.11. The predicted octanol–water partition coefficient (Wildman–Crippen LogP) is 3.10. The van der Waals surface area contributed by atoms with Crippen LogP contribution >= 0.6 is 22.9 Å². The fraction of sp³-hybridized carbons (Fsp3) is 0.333. The van der Waals surface area contributed by atoms with E-state index in [1.807, 2.05) is 17.2 Å². The number of aromatic nitrogens is 1. The number of carboxylic acid groups (broad SMARTS) is 1. The van der Waals surface area contributed by atoms with Crippen LogP contribution in [0.25, 0.3) is 0 Å². The van der Waals surface area contributed by atoms with Crippen molar-refractivity contribution < 1.29 is 28.6 Å².